The number of hydrogen-bond acceptors (Lipinski definition) is 4. The number of rotatable bonds is 4. The zero-order chi connectivity index (χ0) is 18.0. The van der Waals surface area contributed by atoms with Gasteiger partial charge in [-0.3, -0.25) is 19.8 Å². The number of fused-ring (bicyclic) bond motifs is 1. The number of nitrogens with one attached hydrogen (secondary N) is 1. The van der Waals surface area contributed by atoms with E-state index < -0.39 is 17.8 Å². The number of nitrogens with zero attached hydrogens (tertiary/aromatic N) is 1. The first-order valence-corrected chi connectivity index (χ1v) is 7.62. The number of ether oxygens (including phenoxy) is 1. The number of barbiturate groups is 1. The zero-order valence-electron chi connectivity index (χ0n) is 13.6. The molecule has 1 fully saturated rings. The van der Waals surface area contributed by atoms with Crippen molar-refractivity contribution >= 4 is 34.7 Å². The van der Waals surface area contributed by atoms with Gasteiger partial charge >= 0.3 is 6.03 Å². The van der Waals surface area contributed by atoms with Crippen LogP contribution in [0.2, 0.25) is 0 Å². The molecule has 0 unspecified atom stereocenters. The molecule has 25 heavy (non-hydrogen) atoms. The van der Waals surface area contributed by atoms with Crippen molar-refractivity contribution in [3.63, 3.8) is 0 Å². The third kappa shape index (κ3) is 2.89. The summed E-state index contributed by atoms with van der Waals surface area (Å²) in [6.45, 7) is 3.54. The van der Waals surface area contributed by atoms with E-state index in [9.17, 15) is 14.4 Å². The lowest BCUT2D eigenvalue weighted by molar-refractivity contribution is -0.129. The van der Waals surface area contributed by atoms with Crippen LogP contribution in [0.5, 0.6) is 5.75 Å². The van der Waals surface area contributed by atoms with Crippen LogP contribution in [0.3, 0.4) is 0 Å². The molecule has 1 N–H and O–H groups in total. The number of amides is 4. The summed E-state index contributed by atoms with van der Waals surface area (Å²) in [7, 11) is 1.52. The minimum atomic E-state index is -0.753. The van der Waals surface area contributed by atoms with Crippen LogP contribution in [-0.2, 0) is 9.59 Å². The van der Waals surface area contributed by atoms with Gasteiger partial charge in [0.2, 0.25) is 0 Å². The quantitative estimate of drug-likeness (QED) is 0.529. The first kappa shape index (κ1) is 16.4. The van der Waals surface area contributed by atoms with Gasteiger partial charge in [-0.25, -0.2) is 4.79 Å². The van der Waals surface area contributed by atoms with Crippen LogP contribution < -0.4 is 10.1 Å². The van der Waals surface area contributed by atoms with Gasteiger partial charge in [0.05, 0.1) is 7.11 Å². The predicted molar refractivity (Wildman–Crippen MR) is 93.9 cm³/mol. The Balaban J connectivity index is 2.17. The molecule has 0 radical (unpaired) electrons. The molecule has 1 aliphatic rings. The van der Waals surface area contributed by atoms with Gasteiger partial charge in [0.25, 0.3) is 11.8 Å². The SMILES string of the molecule is C=CCN1C(=O)NC(=O)/C(=C/c2c(OC)ccc3ccccc23)C1=O. The van der Waals surface area contributed by atoms with Crippen molar-refractivity contribution in [1.29, 1.82) is 0 Å². The zero-order valence-corrected chi connectivity index (χ0v) is 13.6. The fraction of sp³-hybridized carbons (Fsp3) is 0.105. The van der Waals surface area contributed by atoms with Crippen LogP contribution in [0.1, 0.15) is 5.56 Å². The molecule has 0 spiro atoms. The highest BCUT2D eigenvalue weighted by Gasteiger charge is 2.35. The van der Waals surface area contributed by atoms with Crippen molar-refractivity contribution in [2.75, 3.05) is 13.7 Å². The molecule has 2 aromatic rings. The molecule has 0 bridgehead atoms. The molecule has 0 atom stereocenters. The number of benzene rings is 2. The Bertz CT molecular complexity index is 930. The van der Waals surface area contributed by atoms with E-state index >= 15 is 0 Å². The summed E-state index contributed by atoms with van der Waals surface area (Å²) in [5.74, 6) is -0.868. The summed E-state index contributed by atoms with van der Waals surface area (Å²) < 4.78 is 5.38. The fourth-order valence-corrected chi connectivity index (χ4v) is 2.74. The van der Waals surface area contributed by atoms with Crippen molar-refractivity contribution in [3.05, 3.63) is 60.2 Å². The summed E-state index contributed by atoms with van der Waals surface area (Å²) >= 11 is 0. The normalized spacial score (nSPS) is 16.3. The van der Waals surface area contributed by atoms with Crippen molar-refractivity contribution in [1.82, 2.24) is 10.2 Å². The summed E-state index contributed by atoms with van der Waals surface area (Å²) in [5.41, 5.74) is 0.475. The molecule has 6 heteroatoms. The van der Waals surface area contributed by atoms with Crippen LogP contribution in [0.4, 0.5) is 4.79 Å². The van der Waals surface area contributed by atoms with Crippen LogP contribution in [0, 0.1) is 0 Å². The lowest BCUT2D eigenvalue weighted by Gasteiger charge is -2.25. The third-order valence-corrected chi connectivity index (χ3v) is 3.94. The van der Waals surface area contributed by atoms with Crippen molar-refractivity contribution in [2.45, 2.75) is 0 Å². The predicted octanol–water partition coefficient (Wildman–Crippen LogP) is 2.50. The average Bonchev–Trinajstić information content (AvgIpc) is 2.62. The summed E-state index contributed by atoms with van der Waals surface area (Å²) in [4.78, 5) is 37.5. The Kier molecular flexibility index (Phi) is 4.35. The lowest BCUT2D eigenvalue weighted by Crippen LogP contribution is -2.54. The highest BCUT2D eigenvalue weighted by atomic mass is 16.5. The van der Waals surface area contributed by atoms with Gasteiger partial charge in [0, 0.05) is 12.1 Å². The topological polar surface area (TPSA) is 75.7 Å². The van der Waals surface area contributed by atoms with E-state index in [0.717, 1.165) is 15.7 Å². The molecular weight excluding hydrogens is 320 g/mol. The van der Waals surface area contributed by atoms with Crippen molar-refractivity contribution in [2.24, 2.45) is 0 Å². The first-order chi connectivity index (χ1) is 12.1. The number of carbonyl (C=O) groups excluding carboxylic acids is 3. The molecule has 0 aliphatic carbocycles. The average molecular weight is 336 g/mol. The number of methoxy groups -OCH3 is 1. The highest BCUT2D eigenvalue weighted by molar-refractivity contribution is 6.31. The molecule has 126 valence electrons. The van der Waals surface area contributed by atoms with Gasteiger partial charge in [0.1, 0.15) is 11.3 Å². The van der Waals surface area contributed by atoms with Gasteiger partial charge in [-0.1, -0.05) is 36.4 Å². The molecule has 0 aromatic heterocycles. The molecule has 6 nitrogen and oxygen atoms in total. The van der Waals surface area contributed by atoms with Crippen molar-refractivity contribution < 1.29 is 19.1 Å². The molecule has 0 saturated carbocycles. The fourth-order valence-electron chi connectivity index (χ4n) is 2.74. The maximum absolute atomic E-state index is 12.6. The standard InChI is InChI=1S/C19H16N2O4/c1-3-10-21-18(23)15(17(22)20-19(21)24)11-14-13-7-5-4-6-12(13)8-9-16(14)25-2/h3-9,11H,1,10H2,2H3,(H,20,22,24)/b15-11-. The van der Waals surface area contributed by atoms with E-state index in [1.807, 2.05) is 30.3 Å². The summed E-state index contributed by atoms with van der Waals surface area (Å²) in [6.07, 6.45) is 2.88. The molecule has 3 rings (SSSR count). The Hall–Kier alpha value is -3.41. The van der Waals surface area contributed by atoms with E-state index in [4.69, 9.17) is 4.74 Å². The van der Waals surface area contributed by atoms with E-state index in [2.05, 4.69) is 11.9 Å². The first-order valence-electron chi connectivity index (χ1n) is 7.62. The van der Waals surface area contributed by atoms with Gasteiger partial charge < -0.3 is 4.74 Å². The van der Waals surface area contributed by atoms with E-state index in [-0.39, 0.29) is 12.1 Å². The van der Waals surface area contributed by atoms with Gasteiger partial charge in [-0.2, -0.15) is 0 Å². The smallest absolute Gasteiger partial charge is 0.331 e. The number of urea groups is 1. The monoisotopic (exact) mass is 336 g/mol. The van der Waals surface area contributed by atoms with Gasteiger partial charge in [0.15, 0.2) is 0 Å². The third-order valence-electron chi connectivity index (χ3n) is 3.94. The molecular formula is C19H16N2O4. The van der Waals surface area contributed by atoms with Crippen LogP contribution in [-0.4, -0.2) is 36.4 Å². The largest absolute Gasteiger partial charge is 0.496 e. The van der Waals surface area contributed by atoms with E-state index in [1.165, 1.54) is 19.3 Å². The van der Waals surface area contributed by atoms with Gasteiger partial charge in [-0.05, 0) is 22.9 Å². The number of hydrogen-bond donors (Lipinski definition) is 1. The lowest BCUT2D eigenvalue weighted by atomic mass is 10.00. The van der Waals surface area contributed by atoms with Crippen molar-refractivity contribution in [3.8, 4) is 5.75 Å². The maximum Gasteiger partial charge on any atom is 0.331 e. The van der Waals surface area contributed by atoms with Gasteiger partial charge in [-0.15, -0.1) is 6.58 Å². The van der Waals surface area contributed by atoms with Crippen LogP contribution >= 0.6 is 0 Å². The Morgan fingerprint density at radius 2 is 1.92 bits per heavy atom. The number of carbonyl (C=O) groups is 3. The van der Waals surface area contributed by atoms with Crippen LogP contribution in [0.25, 0.3) is 16.8 Å². The minimum Gasteiger partial charge on any atom is -0.496 e. The van der Waals surface area contributed by atoms with Crippen LogP contribution in [0.15, 0.2) is 54.6 Å². The molecule has 1 saturated heterocycles. The Morgan fingerprint density at radius 1 is 1.16 bits per heavy atom. The molecule has 1 heterocycles. The van der Waals surface area contributed by atoms with E-state index in [0.29, 0.717) is 11.3 Å². The maximum atomic E-state index is 12.6. The number of imide groups is 2. The second-order valence-electron chi connectivity index (χ2n) is 5.42. The molecule has 1 aliphatic heterocycles. The second kappa shape index (κ2) is 6.60. The van der Waals surface area contributed by atoms with E-state index in [1.54, 1.807) is 6.07 Å². The summed E-state index contributed by atoms with van der Waals surface area (Å²) in [5, 5.41) is 3.95. The highest BCUT2D eigenvalue weighted by Crippen LogP contribution is 2.30. The second-order valence-corrected chi connectivity index (χ2v) is 5.42. The Morgan fingerprint density at radius 3 is 2.64 bits per heavy atom. The molecule has 4 amide bonds. The summed E-state index contributed by atoms with van der Waals surface area (Å²) in [6, 6.07) is 10.5. The Labute approximate surface area is 144 Å². The minimum absolute atomic E-state index is 0.0158. The molecule has 2 aromatic carbocycles.